The van der Waals surface area contributed by atoms with Gasteiger partial charge in [-0.25, -0.2) is 0 Å². The minimum Gasteiger partial charge on any atom is -0.379 e. The maximum absolute atomic E-state index is 8.99. The third-order valence-corrected chi connectivity index (χ3v) is 2.48. The van der Waals surface area contributed by atoms with Crippen LogP contribution in [0.4, 0.5) is 0 Å². The van der Waals surface area contributed by atoms with E-state index in [2.05, 4.69) is 5.32 Å². The molecular weight excluding hydrogens is 244 g/mol. The van der Waals surface area contributed by atoms with E-state index < -0.39 is 6.23 Å². The maximum Gasteiger partial charge on any atom is 0.102 e. The molecule has 1 unspecified atom stereocenters. The van der Waals surface area contributed by atoms with Crippen LogP contribution in [0.3, 0.4) is 0 Å². The predicted molar refractivity (Wildman–Crippen MR) is 62.2 cm³/mol. The number of benzene rings is 1. The first-order valence-corrected chi connectivity index (χ1v) is 4.71. The Bertz CT molecular complexity index is 291. The zero-order valence-corrected chi connectivity index (χ0v) is 9.96. The molecule has 0 fully saturated rings. The van der Waals surface area contributed by atoms with Gasteiger partial charge in [0.05, 0.1) is 10.0 Å². The van der Waals surface area contributed by atoms with Gasteiger partial charge in [0.2, 0.25) is 0 Å². The molecule has 0 saturated heterocycles. The van der Waals surface area contributed by atoms with E-state index in [4.69, 9.17) is 28.3 Å². The molecule has 0 bridgehead atoms. The highest BCUT2D eigenvalue weighted by Gasteiger charge is 2.04. The molecule has 1 atom stereocenters. The minimum absolute atomic E-state index is 0. The third kappa shape index (κ3) is 4.03. The van der Waals surface area contributed by atoms with Crippen LogP contribution in [0.15, 0.2) is 18.2 Å². The Morgan fingerprint density at radius 1 is 1.43 bits per heavy atom. The summed E-state index contributed by atoms with van der Waals surface area (Å²) >= 11 is 11.7. The van der Waals surface area contributed by atoms with Crippen molar-refractivity contribution in [2.75, 3.05) is 0 Å². The van der Waals surface area contributed by atoms with Gasteiger partial charge in [-0.15, -0.1) is 12.4 Å². The highest BCUT2D eigenvalue weighted by atomic mass is 35.5. The summed E-state index contributed by atoms with van der Waals surface area (Å²) in [5.74, 6) is 0. The second-order valence-electron chi connectivity index (χ2n) is 2.77. The highest BCUT2D eigenvalue weighted by molar-refractivity contribution is 6.42. The number of hydrogen-bond acceptors (Lipinski definition) is 2. The molecule has 0 aliphatic carbocycles. The van der Waals surface area contributed by atoms with E-state index in [1.54, 1.807) is 13.0 Å². The van der Waals surface area contributed by atoms with Crippen LogP contribution in [0.2, 0.25) is 10.0 Å². The third-order valence-electron chi connectivity index (χ3n) is 1.62. The summed E-state index contributed by atoms with van der Waals surface area (Å²) < 4.78 is 0. The normalized spacial score (nSPS) is 12.0. The van der Waals surface area contributed by atoms with E-state index in [-0.39, 0.29) is 12.4 Å². The summed E-state index contributed by atoms with van der Waals surface area (Å²) in [5.41, 5.74) is 0.884. The Kier molecular flexibility index (Phi) is 6.49. The molecule has 1 aromatic rings. The van der Waals surface area contributed by atoms with Gasteiger partial charge in [0.25, 0.3) is 0 Å². The number of rotatable bonds is 3. The van der Waals surface area contributed by atoms with Crippen LogP contribution < -0.4 is 5.32 Å². The zero-order valence-electron chi connectivity index (χ0n) is 7.63. The first-order chi connectivity index (χ1) is 6.11. The number of aliphatic hydroxyl groups is 1. The lowest BCUT2D eigenvalue weighted by atomic mass is 10.2. The highest BCUT2D eigenvalue weighted by Crippen LogP contribution is 2.25. The van der Waals surface area contributed by atoms with E-state index in [1.165, 1.54) is 0 Å². The predicted octanol–water partition coefficient (Wildman–Crippen LogP) is 2.84. The van der Waals surface area contributed by atoms with Gasteiger partial charge < -0.3 is 5.11 Å². The molecule has 0 aliphatic rings. The quantitative estimate of drug-likeness (QED) is 0.815. The fraction of sp³-hybridized carbons (Fsp3) is 0.333. The van der Waals surface area contributed by atoms with Crippen LogP contribution in [-0.4, -0.2) is 11.3 Å². The molecule has 0 aromatic heterocycles. The summed E-state index contributed by atoms with van der Waals surface area (Å²) in [6.45, 7) is 2.16. The standard InChI is InChI=1S/C9H11Cl2NO.ClH/c1-6(13)12-5-7-3-2-4-8(10)9(7)11;/h2-4,6,12-13H,5H2,1H3;1H. The van der Waals surface area contributed by atoms with Gasteiger partial charge in [-0.2, -0.15) is 0 Å². The maximum atomic E-state index is 8.99. The van der Waals surface area contributed by atoms with Gasteiger partial charge in [0.1, 0.15) is 6.23 Å². The summed E-state index contributed by atoms with van der Waals surface area (Å²) in [7, 11) is 0. The van der Waals surface area contributed by atoms with Crippen molar-refractivity contribution in [3.63, 3.8) is 0 Å². The van der Waals surface area contributed by atoms with Crippen LogP contribution in [-0.2, 0) is 6.54 Å². The van der Waals surface area contributed by atoms with Gasteiger partial charge in [0.15, 0.2) is 0 Å². The fourth-order valence-electron chi connectivity index (χ4n) is 0.943. The Morgan fingerprint density at radius 3 is 2.64 bits per heavy atom. The molecule has 0 aliphatic heterocycles. The van der Waals surface area contributed by atoms with Crippen molar-refractivity contribution in [3.05, 3.63) is 33.8 Å². The summed E-state index contributed by atoms with van der Waals surface area (Å²) in [5, 5.41) is 12.9. The molecule has 5 heteroatoms. The van der Waals surface area contributed by atoms with Crippen molar-refractivity contribution in [1.82, 2.24) is 5.32 Å². The average Bonchev–Trinajstić information content (AvgIpc) is 2.07. The molecule has 2 N–H and O–H groups in total. The molecule has 0 saturated carbocycles. The summed E-state index contributed by atoms with van der Waals surface area (Å²) in [6, 6.07) is 5.42. The van der Waals surface area contributed by atoms with Crippen molar-refractivity contribution < 1.29 is 5.11 Å². The van der Waals surface area contributed by atoms with Crippen LogP contribution in [0.1, 0.15) is 12.5 Å². The van der Waals surface area contributed by atoms with Gasteiger partial charge >= 0.3 is 0 Å². The molecule has 80 valence electrons. The van der Waals surface area contributed by atoms with Crippen LogP contribution in [0.25, 0.3) is 0 Å². The zero-order chi connectivity index (χ0) is 9.84. The van der Waals surface area contributed by atoms with E-state index in [0.29, 0.717) is 16.6 Å². The van der Waals surface area contributed by atoms with Crippen LogP contribution >= 0.6 is 35.6 Å². The van der Waals surface area contributed by atoms with Gasteiger partial charge in [-0.3, -0.25) is 5.32 Å². The Balaban J connectivity index is 0.00000169. The lowest BCUT2D eigenvalue weighted by Gasteiger charge is -2.09. The number of hydrogen-bond donors (Lipinski definition) is 2. The monoisotopic (exact) mass is 255 g/mol. The van der Waals surface area contributed by atoms with E-state index in [0.717, 1.165) is 5.56 Å². The van der Waals surface area contributed by atoms with Crippen LogP contribution in [0.5, 0.6) is 0 Å². The van der Waals surface area contributed by atoms with Crippen molar-refractivity contribution in [2.24, 2.45) is 0 Å². The molecular formula is C9H12Cl3NO. The molecule has 0 spiro atoms. The average molecular weight is 257 g/mol. The first-order valence-electron chi connectivity index (χ1n) is 3.95. The van der Waals surface area contributed by atoms with Gasteiger partial charge in [-0.05, 0) is 18.6 Å². The molecule has 2 nitrogen and oxygen atoms in total. The molecule has 0 amide bonds. The van der Waals surface area contributed by atoms with Crippen molar-refractivity contribution in [3.8, 4) is 0 Å². The Labute approximate surface area is 99.6 Å². The second kappa shape index (κ2) is 6.49. The molecule has 0 radical (unpaired) electrons. The number of halogens is 3. The van der Waals surface area contributed by atoms with E-state index >= 15 is 0 Å². The topological polar surface area (TPSA) is 32.3 Å². The lowest BCUT2D eigenvalue weighted by Crippen LogP contribution is -2.24. The van der Waals surface area contributed by atoms with Crippen molar-refractivity contribution >= 4 is 35.6 Å². The van der Waals surface area contributed by atoms with Crippen LogP contribution in [0, 0.1) is 0 Å². The summed E-state index contributed by atoms with van der Waals surface area (Å²) in [6.07, 6.45) is -0.546. The van der Waals surface area contributed by atoms with E-state index in [9.17, 15) is 0 Å². The van der Waals surface area contributed by atoms with Crippen molar-refractivity contribution in [2.45, 2.75) is 19.7 Å². The fourth-order valence-corrected chi connectivity index (χ4v) is 1.33. The number of nitrogens with one attached hydrogen (secondary N) is 1. The molecule has 14 heavy (non-hydrogen) atoms. The van der Waals surface area contributed by atoms with E-state index in [1.807, 2.05) is 12.1 Å². The second-order valence-corrected chi connectivity index (χ2v) is 3.55. The Morgan fingerprint density at radius 2 is 2.07 bits per heavy atom. The SMILES string of the molecule is CC(O)NCc1cccc(Cl)c1Cl.Cl. The largest absolute Gasteiger partial charge is 0.379 e. The van der Waals surface area contributed by atoms with Gasteiger partial charge in [-0.1, -0.05) is 35.3 Å². The molecule has 0 heterocycles. The lowest BCUT2D eigenvalue weighted by molar-refractivity contribution is 0.155. The Hall–Kier alpha value is 0.01000. The minimum atomic E-state index is -0.546. The first kappa shape index (κ1) is 14.0. The molecule has 1 rings (SSSR count). The van der Waals surface area contributed by atoms with Gasteiger partial charge in [0, 0.05) is 6.54 Å². The summed E-state index contributed by atoms with van der Waals surface area (Å²) in [4.78, 5) is 0. The smallest absolute Gasteiger partial charge is 0.102 e. The number of aliphatic hydroxyl groups excluding tert-OH is 1. The van der Waals surface area contributed by atoms with Crippen molar-refractivity contribution in [1.29, 1.82) is 0 Å². The molecule has 1 aromatic carbocycles.